The highest BCUT2D eigenvalue weighted by Crippen LogP contribution is 2.20. The first-order valence-corrected chi connectivity index (χ1v) is 6.79. The molecule has 0 radical (unpaired) electrons. The lowest BCUT2D eigenvalue weighted by molar-refractivity contribution is 0.0592. The Balaban J connectivity index is 2.00. The van der Waals surface area contributed by atoms with Gasteiger partial charge in [-0.1, -0.05) is 18.2 Å². The van der Waals surface area contributed by atoms with E-state index in [0.717, 1.165) is 29.9 Å². The minimum absolute atomic E-state index is 0.349. The second-order valence-corrected chi connectivity index (χ2v) is 4.73. The lowest BCUT2D eigenvalue weighted by Gasteiger charge is -2.19. The number of aromatic nitrogens is 2. The molecule has 0 unspecified atom stereocenters. The summed E-state index contributed by atoms with van der Waals surface area (Å²) >= 11 is 0. The number of esters is 1. The monoisotopic (exact) mass is 284 g/mol. The quantitative estimate of drug-likeness (QED) is 0.835. The van der Waals surface area contributed by atoms with Gasteiger partial charge in [0.2, 0.25) is 5.95 Å². The molecule has 0 bridgehead atoms. The Morgan fingerprint density at radius 1 is 1.29 bits per heavy atom. The number of nitrogens with one attached hydrogen (secondary N) is 2. The van der Waals surface area contributed by atoms with E-state index >= 15 is 0 Å². The van der Waals surface area contributed by atoms with Crippen LogP contribution in [0.3, 0.4) is 0 Å². The number of rotatable bonds is 3. The van der Waals surface area contributed by atoms with Gasteiger partial charge in [0.25, 0.3) is 0 Å². The van der Waals surface area contributed by atoms with Crippen LogP contribution >= 0.6 is 0 Å². The van der Waals surface area contributed by atoms with E-state index < -0.39 is 5.97 Å². The van der Waals surface area contributed by atoms with Crippen LogP contribution in [0, 0.1) is 0 Å². The van der Waals surface area contributed by atoms with Gasteiger partial charge in [-0.2, -0.15) is 0 Å². The molecule has 0 spiro atoms. The molecule has 2 aromatic rings. The van der Waals surface area contributed by atoms with E-state index in [-0.39, 0.29) is 0 Å². The second kappa shape index (κ2) is 5.88. The van der Waals surface area contributed by atoms with Gasteiger partial charge in [-0.25, -0.2) is 14.8 Å². The molecule has 2 N–H and O–H groups in total. The zero-order valence-corrected chi connectivity index (χ0v) is 11.7. The van der Waals surface area contributed by atoms with Crippen molar-refractivity contribution in [3.05, 3.63) is 47.3 Å². The zero-order chi connectivity index (χ0) is 14.7. The number of nitrogens with zero attached hydrogens (tertiary/aromatic N) is 2. The third kappa shape index (κ3) is 2.85. The third-order valence-electron chi connectivity index (χ3n) is 3.35. The maximum absolute atomic E-state index is 11.9. The molecule has 0 saturated carbocycles. The van der Waals surface area contributed by atoms with Gasteiger partial charge in [-0.05, 0) is 25.1 Å². The van der Waals surface area contributed by atoms with Crippen LogP contribution in [-0.4, -0.2) is 29.6 Å². The number of carbonyl (C=O) groups excluding carboxylic acids is 1. The molecule has 1 aliphatic heterocycles. The summed E-state index contributed by atoms with van der Waals surface area (Å²) in [5, 5.41) is 6.36. The molecule has 6 heteroatoms. The van der Waals surface area contributed by atoms with E-state index in [9.17, 15) is 4.79 Å². The van der Waals surface area contributed by atoms with Crippen molar-refractivity contribution in [1.82, 2.24) is 15.3 Å². The third-order valence-corrected chi connectivity index (χ3v) is 3.35. The number of methoxy groups -OCH3 is 1. The summed E-state index contributed by atoms with van der Waals surface area (Å²) in [6.45, 7) is 1.44. The molecular weight excluding hydrogens is 268 g/mol. The standard InChI is InChI=1S/C15H16N4O2/c1-21-14(20)13-11-7-8-16-9-12(11)18-15(19-13)17-10-5-3-2-4-6-10/h2-6,16H,7-9H2,1H3,(H,17,18,19). The van der Waals surface area contributed by atoms with Gasteiger partial charge in [0, 0.05) is 17.8 Å². The van der Waals surface area contributed by atoms with Gasteiger partial charge in [0.1, 0.15) is 0 Å². The van der Waals surface area contributed by atoms with Gasteiger partial charge in [-0.3, -0.25) is 0 Å². The number of carbonyl (C=O) groups is 1. The van der Waals surface area contributed by atoms with Crippen LogP contribution in [0.15, 0.2) is 30.3 Å². The molecule has 1 aromatic heterocycles. The number of hydrogen-bond donors (Lipinski definition) is 2. The molecule has 0 amide bonds. The molecule has 21 heavy (non-hydrogen) atoms. The Morgan fingerprint density at radius 2 is 2.10 bits per heavy atom. The maximum atomic E-state index is 11.9. The fraction of sp³-hybridized carbons (Fsp3) is 0.267. The predicted octanol–water partition coefficient (Wildman–Crippen LogP) is 1.65. The second-order valence-electron chi connectivity index (χ2n) is 4.73. The van der Waals surface area contributed by atoms with Gasteiger partial charge in [0.05, 0.1) is 12.8 Å². The average Bonchev–Trinajstić information content (AvgIpc) is 2.54. The number of anilines is 2. The van der Waals surface area contributed by atoms with Crippen molar-refractivity contribution in [2.45, 2.75) is 13.0 Å². The largest absolute Gasteiger partial charge is 0.464 e. The van der Waals surface area contributed by atoms with Crippen molar-refractivity contribution in [2.75, 3.05) is 19.0 Å². The minimum atomic E-state index is -0.424. The van der Waals surface area contributed by atoms with Gasteiger partial charge >= 0.3 is 5.97 Å². The Morgan fingerprint density at radius 3 is 2.86 bits per heavy atom. The summed E-state index contributed by atoms with van der Waals surface area (Å²) < 4.78 is 4.83. The van der Waals surface area contributed by atoms with Crippen molar-refractivity contribution in [2.24, 2.45) is 0 Å². The first-order valence-electron chi connectivity index (χ1n) is 6.79. The molecule has 1 aliphatic rings. The topological polar surface area (TPSA) is 76.1 Å². The van der Waals surface area contributed by atoms with E-state index in [1.54, 1.807) is 0 Å². The fourth-order valence-corrected chi connectivity index (χ4v) is 2.33. The highest BCUT2D eigenvalue weighted by molar-refractivity contribution is 5.89. The Labute approximate surface area is 122 Å². The van der Waals surface area contributed by atoms with E-state index in [0.29, 0.717) is 18.2 Å². The molecule has 1 aromatic carbocycles. The molecule has 0 aliphatic carbocycles. The molecule has 2 heterocycles. The number of ether oxygens (including phenoxy) is 1. The Kier molecular flexibility index (Phi) is 3.79. The van der Waals surface area contributed by atoms with E-state index in [1.807, 2.05) is 30.3 Å². The normalized spacial score (nSPS) is 13.4. The molecule has 0 saturated heterocycles. The summed E-state index contributed by atoms with van der Waals surface area (Å²) in [6.07, 6.45) is 0.728. The SMILES string of the molecule is COC(=O)c1nc(Nc2ccccc2)nc2c1CCNC2. The van der Waals surface area contributed by atoms with Crippen LogP contribution in [0.25, 0.3) is 0 Å². The number of hydrogen-bond acceptors (Lipinski definition) is 6. The van der Waals surface area contributed by atoms with Crippen LogP contribution in [0.2, 0.25) is 0 Å². The fourth-order valence-electron chi connectivity index (χ4n) is 2.33. The van der Waals surface area contributed by atoms with Crippen LogP contribution in [0.1, 0.15) is 21.7 Å². The van der Waals surface area contributed by atoms with Crippen LogP contribution < -0.4 is 10.6 Å². The summed E-state index contributed by atoms with van der Waals surface area (Å²) in [5.74, 6) is -0.0179. The number of fused-ring (bicyclic) bond motifs is 1. The molecule has 3 rings (SSSR count). The van der Waals surface area contributed by atoms with Gasteiger partial charge in [-0.15, -0.1) is 0 Å². The smallest absolute Gasteiger partial charge is 0.357 e. The number of benzene rings is 1. The van der Waals surface area contributed by atoms with Crippen molar-refractivity contribution >= 4 is 17.6 Å². The van der Waals surface area contributed by atoms with E-state index in [2.05, 4.69) is 20.6 Å². The van der Waals surface area contributed by atoms with Crippen LogP contribution in [0.4, 0.5) is 11.6 Å². The Bertz CT molecular complexity index is 658. The van der Waals surface area contributed by atoms with E-state index in [4.69, 9.17) is 4.74 Å². The summed E-state index contributed by atoms with van der Waals surface area (Å²) in [5.41, 5.74) is 2.94. The maximum Gasteiger partial charge on any atom is 0.357 e. The lowest BCUT2D eigenvalue weighted by Crippen LogP contribution is -2.28. The molecule has 0 atom stereocenters. The highest BCUT2D eigenvalue weighted by atomic mass is 16.5. The summed E-state index contributed by atoms with van der Waals surface area (Å²) in [7, 11) is 1.36. The Hall–Kier alpha value is -2.47. The zero-order valence-electron chi connectivity index (χ0n) is 11.7. The van der Waals surface area contributed by atoms with Crippen LogP contribution in [0.5, 0.6) is 0 Å². The molecule has 108 valence electrons. The molecule has 6 nitrogen and oxygen atoms in total. The van der Waals surface area contributed by atoms with E-state index in [1.165, 1.54) is 7.11 Å². The first-order chi connectivity index (χ1) is 10.3. The molecule has 0 fully saturated rings. The number of para-hydroxylation sites is 1. The van der Waals surface area contributed by atoms with Gasteiger partial charge < -0.3 is 15.4 Å². The minimum Gasteiger partial charge on any atom is -0.464 e. The summed E-state index contributed by atoms with van der Waals surface area (Å²) in [6, 6.07) is 9.60. The first kappa shape index (κ1) is 13.5. The average molecular weight is 284 g/mol. The van der Waals surface area contributed by atoms with Crippen molar-refractivity contribution in [3.63, 3.8) is 0 Å². The summed E-state index contributed by atoms with van der Waals surface area (Å²) in [4.78, 5) is 20.8. The van der Waals surface area contributed by atoms with Crippen molar-refractivity contribution in [1.29, 1.82) is 0 Å². The van der Waals surface area contributed by atoms with Crippen molar-refractivity contribution < 1.29 is 9.53 Å². The van der Waals surface area contributed by atoms with Crippen molar-refractivity contribution in [3.8, 4) is 0 Å². The lowest BCUT2D eigenvalue weighted by atomic mass is 10.0. The predicted molar refractivity (Wildman–Crippen MR) is 78.5 cm³/mol. The highest BCUT2D eigenvalue weighted by Gasteiger charge is 2.22. The van der Waals surface area contributed by atoms with Crippen LogP contribution in [-0.2, 0) is 17.7 Å². The van der Waals surface area contributed by atoms with Gasteiger partial charge in [0.15, 0.2) is 5.69 Å². The molecular formula is C15H16N4O2.